The maximum atomic E-state index is 12.9. The van der Waals surface area contributed by atoms with E-state index in [1.165, 1.54) is 13.0 Å². The number of carbonyl (C=O) groups is 2. The van der Waals surface area contributed by atoms with Crippen LogP contribution in [0.15, 0.2) is 18.2 Å². The predicted molar refractivity (Wildman–Crippen MR) is 66.2 cm³/mol. The lowest BCUT2D eigenvalue weighted by molar-refractivity contribution is -0.130. The molecule has 1 aliphatic rings. The number of benzene rings is 1. The molecule has 1 aromatic carbocycles. The first-order valence-electron chi connectivity index (χ1n) is 6.02. The predicted octanol–water partition coefficient (Wildman–Crippen LogP) is 0.836. The number of carbonyl (C=O) groups excluding carboxylic acids is 2. The molecule has 0 radical (unpaired) electrons. The molecule has 0 bridgehead atoms. The van der Waals surface area contributed by atoms with E-state index in [9.17, 15) is 19.1 Å². The molecule has 0 saturated carbocycles. The molecule has 0 unspecified atom stereocenters. The maximum Gasteiger partial charge on any atom is 0.257 e. The molecular formula is C13H15FN2O3. The molecular weight excluding hydrogens is 251 g/mol. The van der Waals surface area contributed by atoms with Crippen molar-refractivity contribution in [1.29, 1.82) is 0 Å². The summed E-state index contributed by atoms with van der Waals surface area (Å²) in [4.78, 5) is 26.5. The number of piperazine rings is 1. The molecule has 19 heavy (non-hydrogen) atoms. The Morgan fingerprint density at radius 3 is 2.26 bits per heavy atom. The Bertz CT molecular complexity index is 511. The van der Waals surface area contributed by atoms with Crippen LogP contribution in [0.25, 0.3) is 0 Å². The van der Waals surface area contributed by atoms with Crippen LogP contribution in [0, 0.1) is 5.82 Å². The molecule has 5 nitrogen and oxygen atoms in total. The van der Waals surface area contributed by atoms with E-state index in [1.807, 2.05) is 0 Å². The molecule has 1 aliphatic heterocycles. The molecule has 0 atom stereocenters. The number of phenols is 1. The van der Waals surface area contributed by atoms with E-state index in [0.717, 1.165) is 12.1 Å². The third-order valence-corrected chi connectivity index (χ3v) is 3.20. The summed E-state index contributed by atoms with van der Waals surface area (Å²) in [7, 11) is 0. The molecule has 2 amide bonds. The van der Waals surface area contributed by atoms with Gasteiger partial charge in [0.15, 0.2) is 0 Å². The largest absolute Gasteiger partial charge is 0.507 e. The second-order valence-corrected chi connectivity index (χ2v) is 4.46. The number of hydrogen-bond donors (Lipinski definition) is 1. The van der Waals surface area contributed by atoms with Gasteiger partial charge in [-0.1, -0.05) is 0 Å². The normalized spacial score (nSPS) is 15.5. The molecule has 1 aromatic rings. The number of amides is 2. The van der Waals surface area contributed by atoms with Gasteiger partial charge in [0.2, 0.25) is 5.91 Å². The minimum atomic E-state index is -0.588. The SMILES string of the molecule is CC(=O)N1CCN(C(=O)c2ccc(F)cc2O)CC1. The number of rotatable bonds is 1. The highest BCUT2D eigenvalue weighted by Crippen LogP contribution is 2.20. The summed E-state index contributed by atoms with van der Waals surface area (Å²) < 4.78 is 12.9. The average molecular weight is 266 g/mol. The fourth-order valence-corrected chi connectivity index (χ4v) is 2.08. The molecule has 0 aromatic heterocycles. The van der Waals surface area contributed by atoms with Gasteiger partial charge in [-0.25, -0.2) is 4.39 Å². The standard InChI is InChI=1S/C13H15FN2O3/c1-9(17)15-4-6-16(7-5-15)13(19)11-3-2-10(14)8-12(11)18/h2-3,8,18H,4-7H2,1H3. The summed E-state index contributed by atoms with van der Waals surface area (Å²) in [5, 5.41) is 9.58. The Kier molecular flexibility index (Phi) is 3.69. The summed E-state index contributed by atoms with van der Waals surface area (Å²) in [6.45, 7) is 3.26. The molecule has 1 heterocycles. The summed E-state index contributed by atoms with van der Waals surface area (Å²) in [5.41, 5.74) is 0.0812. The van der Waals surface area contributed by atoms with Crippen LogP contribution in [0.4, 0.5) is 4.39 Å². The maximum absolute atomic E-state index is 12.9. The van der Waals surface area contributed by atoms with Crippen LogP contribution in [0.5, 0.6) is 5.75 Å². The van der Waals surface area contributed by atoms with Crippen molar-refractivity contribution in [3.63, 3.8) is 0 Å². The van der Waals surface area contributed by atoms with Crippen LogP contribution in [0.2, 0.25) is 0 Å². The Labute approximate surface area is 110 Å². The van der Waals surface area contributed by atoms with E-state index in [0.29, 0.717) is 26.2 Å². The van der Waals surface area contributed by atoms with Crippen LogP contribution < -0.4 is 0 Å². The van der Waals surface area contributed by atoms with Crippen LogP contribution in [0.3, 0.4) is 0 Å². The van der Waals surface area contributed by atoms with E-state index in [-0.39, 0.29) is 23.1 Å². The van der Waals surface area contributed by atoms with Crippen LogP contribution in [-0.4, -0.2) is 52.9 Å². The van der Waals surface area contributed by atoms with Crippen molar-refractivity contribution < 1.29 is 19.1 Å². The molecule has 1 N–H and O–H groups in total. The van der Waals surface area contributed by atoms with Gasteiger partial charge in [0.1, 0.15) is 11.6 Å². The van der Waals surface area contributed by atoms with Gasteiger partial charge < -0.3 is 14.9 Å². The average Bonchev–Trinajstić information content (AvgIpc) is 2.38. The highest BCUT2D eigenvalue weighted by atomic mass is 19.1. The first kappa shape index (κ1) is 13.3. The molecule has 0 spiro atoms. The van der Waals surface area contributed by atoms with Crippen LogP contribution in [-0.2, 0) is 4.79 Å². The highest BCUT2D eigenvalue weighted by Gasteiger charge is 2.24. The number of nitrogens with zero attached hydrogens (tertiary/aromatic N) is 2. The third kappa shape index (κ3) is 2.83. The third-order valence-electron chi connectivity index (χ3n) is 3.20. The quantitative estimate of drug-likeness (QED) is 0.819. The molecule has 1 fully saturated rings. The van der Waals surface area contributed by atoms with Gasteiger partial charge in [-0.2, -0.15) is 0 Å². The van der Waals surface area contributed by atoms with Crippen molar-refractivity contribution >= 4 is 11.8 Å². The first-order valence-corrected chi connectivity index (χ1v) is 6.02. The van der Waals surface area contributed by atoms with Gasteiger partial charge in [0.05, 0.1) is 5.56 Å². The molecule has 6 heteroatoms. The number of hydrogen-bond acceptors (Lipinski definition) is 3. The van der Waals surface area contributed by atoms with E-state index in [2.05, 4.69) is 0 Å². The molecule has 0 aliphatic carbocycles. The monoisotopic (exact) mass is 266 g/mol. The first-order chi connectivity index (χ1) is 8.99. The zero-order valence-corrected chi connectivity index (χ0v) is 10.6. The minimum absolute atomic E-state index is 0.0169. The van der Waals surface area contributed by atoms with Gasteiger partial charge in [-0.05, 0) is 12.1 Å². The lowest BCUT2D eigenvalue weighted by atomic mass is 10.1. The summed E-state index contributed by atoms with van der Waals surface area (Å²) in [5.74, 6) is -1.31. The number of halogens is 1. The summed E-state index contributed by atoms with van der Waals surface area (Å²) in [6, 6.07) is 3.32. The van der Waals surface area contributed by atoms with E-state index in [1.54, 1.807) is 9.80 Å². The lowest BCUT2D eigenvalue weighted by Crippen LogP contribution is -2.50. The van der Waals surface area contributed by atoms with Crippen molar-refractivity contribution in [3.8, 4) is 5.75 Å². The van der Waals surface area contributed by atoms with Crippen LogP contribution in [0.1, 0.15) is 17.3 Å². The van der Waals surface area contributed by atoms with E-state index in [4.69, 9.17) is 0 Å². The minimum Gasteiger partial charge on any atom is -0.507 e. The van der Waals surface area contributed by atoms with Gasteiger partial charge >= 0.3 is 0 Å². The van der Waals surface area contributed by atoms with Gasteiger partial charge in [0, 0.05) is 39.2 Å². The Balaban J connectivity index is 2.07. The van der Waals surface area contributed by atoms with E-state index >= 15 is 0 Å². The number of aromatic hydroxyl groups is 1. The van der Waals surface area contributed by atoms with Crippen molar-refractivity contribution in [1.82, 2.24) is 9.80 Å². The fraction of sp³-hybridized carbons (Fsp3) is 0.385. The molecule has 102 valence electrons. The molecule has 1 saturated heterocycles. The van der Waals surface area contributed by atoms with Gasteiger partial charge in [-0.15, -0.1) is 0 Å². The lowest BCUT2D eigenvalue weighted by Gasteiger charge is -2.34. The second-order valence-electron chi connectivity index (χ2n) is 4.46. The van der Waals surface area contributed by atoms with Gasteiger partial charge in [0.25, 0.3) is 5.91 Å². The second kappa shape index (κ2) is 5.26. The van der Waals surface area contributed by atoms with Crippen molar-refractivity contribution in [2.45, 2.75) is 6.92 Å². The van der Waals surface area contributed by atoms with Crippen LogP contribution >= 0.6 is 0 Å². The van der Waals surface area contributed by atoms with Crippen molar-refractivity contribution in [3.05, 3.63) is 29.6 Å². The molecule has 2 rings (SSSR count). The summed E-state index contributed by atoms with van der Waals surface area (Å²) >= 11 is 0. The Morgan fingerprint density at radius 1 is 1.16 bits per heavy atom. The van der Waals surface area contributed by atoms with Crippen molar-refractivity contribution in [2.24, 2.45) is 0 Å². The topological polar surface area (TPSA) is 60.9 Å². The highest BCUT2D eigenvalue weighted by molar-refractivity contribution is 5.97. The van der Waals surface area contributed by atoms with Gasteiger partial charge in [-0.3, -0.25) is 9.59 Å². The zero-order valence-electron chi connectivity index (χ0n) is 10.6. The zero-order chi connectivity index (χ0) is 14.0. The Morgan fingerprint density at radius 2 is 1.74 bits per heavy atom. The summed E-state index contributed by atoms with van der Waals surface area (Å²) in [6.07, 6.45) is 0. The number of phenolic OH excluding ortho intramolecular Hbond substituents is 1. The van der Waals surface area contributed by atoms with E-state index < -0.39 is 5.82 Å². The fourth-order valence-electron chi connectivity index (χ4n) is 2.08. The smallest absolute Gasteiger partial charge is 0.257 e. The Hall–Kier alpha value is -2.11. The van der Waals surface area contributed by atoms with Crippen molar-refractivity contribution in [2.75, 3.05) is 26.2 Å².